The van der Waals surface area contributed by atoms with E-state index in [-0.39, 0.29) is 5.92 Å². The normalized spacial score (nSPS) is 18.0. The summed E-state index contributed by atoms with van der Waals surface area (Å²) in [7, 11) is 1.60. The van der Waals surface area contributed by atoms with Gasteiger partial charge in [-0.1, -0.05) is 6.07 Å². The summed E-state index contributed by atoms with van der Waals surface area (Å²) in [5, 5.41) is 12.8. The summed E-state index contributed by atoms with van der Waals surface area (Å²) in [6.07, 6.45) is 1.81. The molecular weight excluding hydrogens is 310 g/mol. The van der Waals surface area contributed by atoms with Gasteiger partial charge >= 0.3 is 5.97 Å². The fourth-order valence-corrected chi connectivity index (χ4v) is 3.23. The Morgan fingerprint density at radius 2 is 2.16 bits per heavy atom. The van der Waals surface area contributed by atoms with Crippen LogP contribution in [0.3, 0.4) is 0 Å². The van der Waals surface area contributed by atoms with Gasteiger partial charge in [0.15, 0.2) is 0 Å². The maximum Gasteiger partial charge on any atom is 0.311 e. The van der Waals surface area contributed by atoms with Crippen LogP contribution in [-0.4, -0.2) is 31.3 Å². The number of rotatable bonds is 4. The number of hydrogen-bond donors (Lipinski definition) is 2. The highest BCUT2D eigenvalue weighted by molar-refractivity contribution is 9.10. The minimum atomic E-state index is -0.746. The second kappa shape index (κ2) is 6.39. The molecule has 2 N–H and O–H groups in total. The van der Waals surface area contributed by atoms with Gasteiger partial charge in [-0.15, -0.1) is 0 Å². The number of aliphatic carboxylic acids is 1. The molecule has 1 aliphatic rings. The molecule has 2 rings (SSSR count). The molecule has 5 heteroatoms. The zero-order valence-electron chi connectivity index (χ0n) is 10.9. The van der Waals surface area contributed by atoms with E-state index in [1.54, 1.807) is 7.11 Å². The fourth-order valence-electron chi connectivity index (χ4n) is 2.67. The first kappa shape index (κ1) is 14.3. The van der Waals surface area contributed by atoms with E-state index in [2.05, 4.69) is 21.2 Å². The average Bonchev–Trinajstić information content (AvgIpc) is 2.40. The Balaban J connectivity index is 2.28. The minimum absolute atomic E-state index is 0.194. The van der Waals surface area contributed by atoms with Crippen LogP contribution in [0.15, 0.2) is 22.7 Å². The maximum atomic E-state index is 11.6. The van der Waals surface area contributed by atoms with E-state index < -0.39 is 11.9 Å². The van der Waals surface area contributed by atoms with Crippen LogP contribution in [0.1, 0.15) is 24.3 Å². The van der Waals surface area contributed by atoms with Crippen molar-refractivity contribution >= 4 is 21.9 Å². The Bertz CT molecular complexity index is 458. The molecule has 104 valence electrons. The molecule has 1 unspecified atom stereocenters. The van der Waals surface area contributed by atoms with Gasteiger partial charge in [0.05, 0.1) is 17.5 Å². The van der Waals surface area contributed by atoms with Gasteiger partial charge in [0, 0.05) is 0 Å². The molecule has 19 heavy (non-hydrogen) atoms. The highest BCUT2D eigenvalue weighted by atomic mass is 79.9. The van der Waals surface area contributed by atoms with E-state index in [1.807, 2.05) is 18.2 Å². The third kappa shape index (κ3) is 3.28. The summed E-state index contributed by atoms with van der Waals surface area (Å²) in [5.41, 5.74) is 0.840. The first-order valence-corrected chi connectivity index (χ1v) is 7.19. The van der Waals surface area contributed by atoms with Crippen LogP contribution in [0.25, 0.3) is 0 Å². The summed E-state index contributed by atoms with van der Waals surface area (Å²) in [5.74, 6) is -0.273. The van der Waals surface area contributed by atoms with Crippen LogP contribution in [0, 0.1) is 5.92 Å². The van der Waals surface area contributed by atoms with E-state index in [9.17, 15) is 9.90 Å². The first-order valence-electron chi connectivity index (χ1n) is 6.40. The number of hydrogen-bond acceptors (Lipinski definition) is 3. The van der Waals surface area contributed by atoms with Crippen LogP contribution in [0.5, 0.6) is 5.75 Å². The molecule has 0 radical (unpaired) electrons. The summed E-state index contributed by atoms with van der Waals surface area (Å²) in [6.45, 7) is 1.79. The van der Waals surface area contributed by atoms with Gasteiger partial charge in [-0.3, -0.25) is 4.79 Å². The monoisotopic (exact) mass is 327 g/mol. The number of ether oxygens (including phenoxy) is 1. The number of carbonyl (C=O) groups is 1. The van der Waals surface area contributed by atoms with E-state index in [0.717, 1.165) is 41.7 Å². The topological polar surface area (TPSA) is 58.6 Å². The third-order valence-electron chi connectivity index (χ3n) is 3.66. The lowest BCUT2D eigenvalue weighted by atomic mass is 9.80. The molecule has 0 bridgehead atoms. The molecule has 0 spiro atoms. The second-order valence-electron chi connectivity index (χ2n) is 4.80. The minimum Gasteiger partial charge on any atom is -0.496 e. The van der Waals surface area contributed by atoms with Crippen molar-refractivity contribution in [3.05, 3.63) is 28.2 Å². The molecule has 1 aromatic rings. The number of methoxy groups -OCH3 is 1. The number of carboxylic acid groups (broad SMARTS) is 1. The van der Waals surface area contributed by atoms with Gasteiger partial charge in [0.1, 0.15) is 5.75 Å². The number of carboxylic acids is 1. The number of piperidine rings is 1. The van der Waals surface area contributed by atoms with Gasteiger partial charge in [-0.2, -0.15) is 0 Å². The van der Waals surface area contributed by atoms with Gasteiger partial charge in [-0.05, 0) is 65.5 Å². The average molecular weight is 328 g/mol. The Morgan fingerprint density at radius 1 is 1.47 bits per heavy atom. The predicted octanol–water partition coefficient (Wildman–Crippen LogP) is 2.63. The van der Waals surface area contributed by atoms with Gasteiger partial charge in [0.2, 0.25) is 0 Å². The number of nitrogens with one attached hydrogen (secondary N) is 1. The molecule has 0 aliphatic carbocycles. The molecule has 1 aliphatic heterocycles. The van der Waals surface area contributed by atoms with E-state index in [0.29, 0.717) is 0 Å². The summed E-state index contributed by atoms with van der Waals surface area (Å²) in [4.78, 5) is 11.6. The molecule has 4 nitrogen and oxygen atoms in total. The van der Waals surface area contributed by atoms with Crippen molar-refractivity contribution in [1.29, 1.82) is 0 Å². The summed E-state index contributed by atoms with van der Waals surface area (Å²) in [6, 6.07) is 5.53. The largest absolute Gasteiger partial charge is 0.496 e. The molecule has 0 amide bonds. The highest BCUT2D eigenvalue weighted by Gasteiger charge is 2.31. The van der Waals surface area contributed by atoms with Crippen LogP contribution in [0.2, 0.25) is 0 Å². The number of halogens is 1. The Kier molecular flexibility index (Phi) is 4.82. The molecule has 0 aromatic heterocycles. The summed E-state index contributed by atoms with van der Waals surface area (Å²) < 4.78 is 5.98. The van der Waals surface area contributed by atoms with Crippen molar-refractivity contribution < 1.29 is 14.6 Å². The first-order chi connectivity index (χ1) is 9.13. The quantitative estimate of drug-likeness (QED) is 0.892. The van der Waals surface area contributed by atoms with Crippen molar-refractivity contribution in [3.8, 4) is 5.75 Å². The van der Waals surface area contributed by atoms with Crippen molar-refractivity contribution in [1.82, 2.24) is 5.32 Å². The SMILES string of the molecule is COc1ccc(C(C(=O)O)C2CCNCC2)cc1Br. The molecule has 0 saturated carbocycles. The van der Waals surface area contributed by atoms with Crippen molar-refractivity contribution in [3.63, 3.8) is 0 Å². The Morgan fingerprint density at radius 3 is 2.68 bits per heavy atom. The molecule has 1 saturated heterocycles. The lowest BCUT2D eigenvalue weighted by Gasteiger charge is -2.28. The van der Waals surface area contributed by atoms with Gasteiger partial charge in [0.25, 0.3) is 0 Å². The Labute approximate surface area is 121 Å². The third-order valence-corrected chi connectivity index (χ3v) is 4.28. The second-order valence-corrected chi connectivity index (χ2v) is 5.65. The molecular formula is C14H18BrNO3. The van der Waals surface area contributed by atoms with Crippen molar-refractivity contribution in [2.24, 2.45) is 5.92 Å². The van der Waals surface area contributed by atoms with Gasteiger partial charge < -0.3 is 15.2 Å². The maximum absolute atomic E-state index is 11.6. The Hall–Kier alpha value is -1.07. The molecule has 1 heterocycles. The van der Waals surface area contributed by atoms with Crippen LogP contribution in [-0.2, 0) is 4.79 Å². The fraction of sp³-hybridized carbons (Fsp3) is 0.500. The molecule has 1 fully saturated rings. The van der Waals surface area contributed by atoms with Crippen molar-refractivity contribution in [2.45, 2.75) is 18.8 Å². The smallest absolute Gasteiger partial charge is 0.311 e. The zero-order valence-corrected chi connectivity index (χ0v) is 12.4. The zero-order chi connectivity index (χ0) is 13.8. The lowest BCUT2D eigenvalue weighted by molar-refractivity contribution is -0.140. The van der Waals surface area contributed by atoms with E-state index >= 15 is 0 Å². The van der Waals surface area contributed by atoms with Crippen LogP contribution in [0.4, 0.5) is 0 Å². The summed E-state index contributed by atoms with van der Waals surface area (Å²) >= 11 is 3.42. The van der Waals surface area contributed by atoms with Gasteiger partial charge in [-0.25, -0.2) is 0 Å². The standard InChI is InChI=1S/C14H18BrNO3/c1-19-12-3-2-10(8-11(12)15)13(14(17)18)9-4-6-16-7-5-9/h2-3,8-9,13,16H,4-7H2,1H3,(H,17,18). The number of benzene rings is 1. The molecule has 1 atom stereocenters. The van der Waals surface area contributed by atoms with Crippen LogP contribution < -0.4 is 10.1 Å². The lowest BCUT2D eigenvalue weighted by Crippen LogP contribution is -2.33. The van der Waals surface area contributed by atoms with Crippen molar-refractivity contribution in [2.75, 3.05) is 20.2 Å². The predicted molar refractivity (Wildman–Crippen MR) is 76.7 cm³/mol. The highest BCUT2D eigenvalue weighted by Crippen LogP contribution is 2.35. The van der Waals surface area contributed by atoms with E-state index in [1.165, 1.54) is 0 Å². The van der Waals surface area contributed by atoms with Crippen LogP contribution >= 0.6 is 15.9 Å². The molecule has 1 aromatic carbocycles. The van der Waals surface area contributed by atoms with E-state index in [4.69, 9.17) is 4.74 Å².